The van der Waals surface area contributed by atoms with E-state index in [2.05, 4.69) is 21.8 Å². The van der Waals surface area contributed by atoms with Gasteiger partial charge in [0.25, 0.3) is 5.91 Å². The van der Waals surface area contributed by atoms with Crippen LogP contribution in [-0.4, -0.2) is 50.1 Å². The molecular formula is C26H23FN6O4. The summed E-state index contributed by atoms with van der Waals surface area (Å²) in [6.45, 7) is 2.43. The van der Waals surface area contributed by atoms with Gasteiger partial charge in [0.2, 0.25) is 0 Å². The van der Waals surface area contributed by atoms with Crippen molar-refractivity contribution in [2.24, 2.45) is 0 Å². The number of nitrogens with zero attached hydrogens (tertiary/aromatic N) is 5. The fourth-order valence-corrected chi connectivity index (χ4v) is 4.46. The zero-order chi connectivity index (χ0) is 26.1. The molecule has 2 aromatic carbocycles. The summed E-state index contributed by atoms with van der Waals surface area (Å²) in [7, 11) is 1.38. The van der Waals surface area contributed by atoms with Gasteiger partial charge in [0.15, 0.2) is 23.0 Å². The number of benzene rings is 2. The molecule has 0 radical (unpaired) electrons. The number of ether oxygens (including phenoxy) is 2. The van der Waals surface area contributed by atoms with Crippen LogP contribution in [-0.2, 0) is 4.79 Å². The second-order valence-corrected chi connectivity index (χ2v) is 8.38. The van der Waals surface area contributed by atoms with Gasteiger partial charge in [-0.1, -0.05) is 5.92 Å². The quantitative estimate of drug-likeness (QED) is 0.417. The third kappa shape index (κ3) is 4.33. The average molecular weight is 503 g/mol. The summed E-state index contributed by atoms with van der Waals surface area (Å²) in [4.78, 5) is 36.0. The molecule has 1 atom stereocenters. The monoisotopic (exact) mass is 502 g/mol. The molecule has 1 saturated heterocycles. The highest BCUT2D eigenvalue weighted by Crippen LogP contribution is 2.30. The molecule has 1 aliphatic rings. The predicted octanol–water partition coefficient (Wildman–Crippen LogP) is 2.90. The Labute approximate surface area is 211 Å². The number of aromatic nitrogens is 4. The molecule has 2 aromatic heterocycles. The molecule has 0 spiro atoms. The largest absolute Gasteiger partial charge is 0.494 e. The topological polar surface area (TPSA) is 118 Å². The number of hydrogen-bond donors (Lipinski definition) is 1. The highest BCUT2D eigenvalue weighted by Gasteiger charge is 2.31. The highest BCUT2D eigenvalue weighted by atomic mass is 19.1. The van der Waals surface area contributed by atoms with Crippen molar-refractivity contribution in [3.8, 4) is 34.8 Å². The van der Waals surface area contributed by atoms with Crippen molar-refractivity contribution in [1.82, 2.24) is 24.0 Å². The summed E-state index contributed by atoms with van der Waals surface area (Å²) in [6.07, 6.45) is 1.89. The third-order valence-corrected chi connectivity index (χ3v) is 6.18. The predicted molar refractivity (Wildman–Crippen MR) is 134 cm³/mol. The van der Waals surface area contributed by atoms with Gasteiger partial charge < -0.3 is 20.1 Å². The molecule has 1 amide bonds. The Balaban J connectivity index is 1.50. The van der Waals surface area contributed by atoms with E-state index < -0.39 is 5.82 Å². The van der Waals surface area contributed by atoms with Crippen molar-refractivity contribution in [2.45, 2.75) is 19.4 Å². The SMILES string of the molecule is CC#CC(=O)N1CCC(n2c(=O)n(-c3ccc(Oc4ccc(F)c(OC)c4)cc3)c3c(N)ncnc32)C1. The van der Waals surface area contributed by atoms with Gasteiger partial charge in [-0.15, -0.1) is 0 Å². The number of rotatable bonds is 5. The van der Waals surface area contributed by atoms with Crippen LogP contribution in [0, 0.1) is 17.7 Å². The first kappa shape index (κ1) is 23.9. The van der Waals surface area contributed by atoms with Crippen molar-refractivity contribution in [1.29, 1.82) is 0 Å². The molecule has 11 heteroatoms. The highest BCUT2D eigenvalue weighted by molar-refractivity contribution is 5.93. The lowest BCUT2D eigenvalue weighted by atomic mass is 10.2. The van der Waals surface area contributed by atoms with Crippen LogP contribution in [0.1, 0.15) is 19.4 Å². The Morgan fingerprint density at radius 2 is 1.92 bits per heavy atom. The van der Waals surface area contributed by atoms with E-state index in [4.69, 9.17) is 15.2 Å². The second kappa shape index (κ2) is 9.66. The van der Waals surface area contributed by atoms with E-state index in [9.17, 15) is 14.0 Å². The lowest BCUT2D eigenvalue weighted by molar-refractivity contribution is -0.124. The fourth-order valence-electron chi connectivity index (χ4n) is 4.46. The molecule has 0 aliphatic carbocycles. The zero-order valence-electron chi connectivity index (χ0n) is 20.1. The molecular weight excluding hydrogens is 479 g/mol. The van der Waals surface area contributed by atoms with E-state index in [1.54, 1.807) is 40.7 Å². The van der Waals surface area contributed by atoms with Gasteiger partial charge in [0, 0.05) is 19.2 Å². The Morgan fingerprint density at radius 3 is 2.65 bits per heavy atom. The van der Waals surface area contributed by atoms with Gasteiger partial charge >= 0.3 is 5.69 Å². The first-order chi connectivity index (χ1) is 17.9. The maximum Gasteiger partial charge on any atom is 0.335 e. The first-order valence-electron chi connectivity index (χ1n) is 11.5. The molecule has 5 rings (SSSR count). The van der Waals surface area contributed by atoms with E-state index in [0.717, 1.165) is 0 Å². The summed E-state index contributed by atoms with van der Waals surface area (Å²) >= 11 is 0. The number of fused-ring (bicyclic) bond motifs is 1. The number of likely N-dealkylation sites (tertiary alicyclic amines) is 1. The maximum absolute atomic E-state index is 13.7. The average Bonchev–Trinajstić information content (AvgIpc) is 3.49. The summed E-state index contributed by atoms with van der Waals surface area (Å²) in [5.74, 6) is 5.49. The minimum absolute atomic E-state index is 0.0675. The Hall–Kier alpha value is -4.85. The number of carbonyl (C=O) groups excluding carboxylic acids is 1. The number of nitrogen functional groups attached to an aromatic ring is 1. The molecule has 1 unspecified atom stereocenters. The van der Waals surface area contributed by atoms with E-state index in [0.29, 0.717) is 47.9 Å². The molecule has 1 aliphatic heterocycles. The van der Waals surface area contributed by atoms with Crippen molar-refractivity contribution < 1.29 is 18.7 Å². The standard InChI is InChI=1S/C26H23FN6O4/c1-3-4-22(34)31-12-11-17(14-31)33-25-23(24(28)29-15-30-25)32(26(33)35)16-5-7-18(8-6-16)37-19-9-10-20(27)21(13-19)36-2/h5-10,13,15,17H,11-12,14H2,1-2H3,(H2,28,29,30). The van der Waals surface area contributed by atoms with Crippen LogP contribution >= 0.6 is 0 Å². The van der Waals surface area contributed by atoms with E-state index >= 15 is 0 Å². The number of carbonyl (C=O) groups is 1. The van der Waals surface area contributed by atoms with Gasteiger partial charge in [-0.05, 0) is 55.7 Å². The smallest absolute Gasteiger partial charge is 0.335 e. The minimum Gasteiger partial charge on any atom is -0.494 e. The number of nitrogens with two attached hydrogens (primary N) is 1. The van der Waals surface area contributed by atoms with Gasteiger partial charge in [-0.2, -0.15) is 0 Å². The molecule has 2 N–H and O–H groups in total. The molecule has 3 heterocycles. The lowest BCUT2D eigenvalue weighted by Crippen LogP contribution is -2.31. The molecule has 37 heavy (non-hydrogen) atoms. The number of amides is 1. The first-order valence-corrected chi connectivity index (χ1v) is 11.5. The van der Waals surface area contributed by atoms with Crippen molar-refractivity contribution in [3.05, 3.63) is 65.1 Å². The number of methoxy groups -OCH3 is 1. The number of halogens is 1. The number of anilines is 1. The van der Waals surface area contributed by atoms with Crippen LogP contribution in [0.25, 0.3) is 16.9 Å². The molecule has 1 fully saturated rings. The van der Waals surface area contributed by atoms with Crippen molar-refractivity contribution >= 4 is 22.9 Å². The summed E-state index contributed by atoms with van der Waals surface area (Å²) < 4.78 is 27.5. The summed E-state index contributed by atoms with van der Waals surface area (Å²) in [5.41, 5.74) is 7.13. The van der Waals surface area contributed by atoms with Gasteiger partial charge in [-0.25, -0.2) is 19.2 Å². The van der Waals surface area contributed by atoms with E-state index in [-0.39, 0.29) is 29.2 Å². The molecule has 0 saturated carbocycles. The molecule has 10 nitrogen and oxygen atoms in total. The summed E-state index contributed by atoms with van der Waals surface area (Å²) in [6, 6.07) is 10.7. The zero-order valence-corrected chi connectivity index (χ0v) is 20.1. The Bertz CT molecular complexity index is 1620. The third-order valence-electron chi connectivity index (χ3n) is 6.18. The van der Waals surface area contributed by atoms with Crippen LogP contribution < -0.4 is 20.9 Å². The molecule has 188 valence electrons. The van der Waals surface area contributed by atoms with Gasteiger partial charge in [0.1, 0.15) is 23.3 Å². The minimum atomic E-state index is -0.492. The molecule has 0 bridgehead atoms. The van der Waals surface area contributed by atoms with Gasteiger partial charge in [0.05, 0.1) is 18.8 Å². The fraction of sp³-hybridized carbons (Fsp3) is 0.231. The summed E-state index contributed by atoms with van der Waals surface area (Å²) in [5, 5.41) is 0. The maximum atomic E-state index is 13.7. The number of imidazole rings is 1. The van der Waals surface area contributed by atoms with E-state index in [1.807, 2.05) is 0 Å². The molecule has 4 aromatic rings. The Morgan fingerprint density at radius 1 is 1.16 bits per heavy atom. The Kier molecular flexibility index (Phi) is 6.23. The van der Waals surface area contributed by atoms with Crippen LogP contribution in [0.2, 0.25) is 0 Å². The van der Waals surface area contributed by atoms with Gasteiger partial charge in [-0.3, -0.25) is 13.9 Å². The van der Waals surface area contributed by atoms with Crippen LogP contribution in [0.15, 0.2) is 53.6 Å². The van der Waals surface area contributed by atoms with Crippen LogP contribution in [0.4, 0.5) is 10.2 Å². The number of hydrogen-bond acceptors (Lipinski definition) is 7. The lowest BCUT2D eigenvalue weighted by Gasteiger charge is -2.14. The van der Waals surface area contributed by atoms with Crippen LogP contribution in [0.5, 0.6) is 17.2 Å². The van der Waals surface area contributed by atoms with Crippen molar-refractivity contribution in [2.75, 3.05) is 25.9 Å². The van der Waals surface area contributed by atoms with Crippen LogP contribution in [0.3, 0.4) is 0 Å². The van der Waals surface area contributed by atoms with Crippen molar-refractivity contribution in [3.63, 3.8) is 0 Å². The van der Waals surface area contributed by atoms with E-state index in [1.165, 1.54) is 36.2 Å². The normalized spacial score (nSPS) is 14.9. The second-order valence-electron chi connectivity index (χ2n) is 8.38.